The Morgan fingerprint density at radius 2 is 2.00 bits per heavy atom. The Morgan fingerprint density at radius 3 is 2.56 bits per heavy atom. The summed E-state index contributed by atoms with van der Waals surface area (Å²) >= 11 is 0. The highest BCUT2D eigenvalue weighted by Gasteiger charge is 2.12. The predicted molar refractivity (Wildman–Crippen MR) is 62.0 cm³/mol. The van der Waals surface area contributed by atoms with Crippen molar-refractivity contribution in [1.82, 2.24) is 5.32 Å². The van der Waals surface area contributed by atoms with Gasteiger partial charge in [-0.25, -0.2) is 0 Å². The molecule has 0 aromatic heterocycles. The molecule has 5 heteroatoms. The first-order chi connectivity index (χ1) is 7.57. The van der Waals surface area contributed by atoms with E-state index < -0.39 is 12.0 Å². The average Bonchev–Trinajstić information content (AvgIpc) is 2.25. The molecule has 0 aliphatic rings. The van der Waals surface area contributed by atoms with E-state index in [4.69, 9.17) is 10.8 Å². The summed E-state index contributed by atoms with van der Waals surface area (Å²) in [6.45, 7) is 2.80. The van der Waals surface area contributed by atoms with Gasteiger partial charge in [0.05, 0.1) is 0 Å². The lowest BCUT2D eigenvalue weighted by atomic mass is 10.1. The van der Waals surface area contributed by atoms with E-state index in [1.807, 2.05) is 0 Å². The number of hydrogen-bond donors (Lipinski definition) is 3. The molecule has 16 heavy (non-hydrogen) atoms. The van der Waals surface area contributed by atoms with Gasteiger partial charge in [0.25, 0.3) is 0 Å². The van der Waals surface area contributed by atoms with E-state index >= 15 is 0 Å². The number of unbranched alkanes of at least 4 members (excludes halogenated alkanes) is 3. The molecule has 5 nitrogen and oxygen atoms in total. The predicted octanol–water partition coefficient (Wildman–Crippen LogP) is 0.875. The Kier molecular flexibility index (Phi) is 8.52. The number of nitrogens with one attached hydrogen (secondary N) is 1. The topological polar surface area (TPSA) is 92.4 Å². The number of carboxylic acid groups (broad SMARTS) is 1. The van der Waals surface area contributed by atoms with Crippen molar-refractivity contribution in [3.8, 4) is 0 Å². The van der Waals surface area contributed by atoms with Crippen LogP contribution < -0.4 is 11.1 Å². The van der Waals surface area contributed by atoms with Gasteiger partial charge in [-0.15, -0.1) is 0 Å². The number of rotatable bonds is 9. The Labute approximate surface area is 96.4 Å². The summed E-state index contributed by atoms with van der Waals surface area (Å²) in [4.78, 5) is 21.6. The van der Waals surface area contributed by atoms with Crippen molar-refractivity contribution >= 4 is 11.9 Å². The van der Waals surface area contributed by atoms with Crippen LogP contribution in [0.2, 0.25) is 0 Å². The summed E-state index contributed by atoms with van der Waals surface area (Å²) in [5, 5.41) is 11.3. The highest BCUT2D eigenvalue weighted by atomic mass is 16.4. The van der Waals surface area contributed by atoms with E-state index in [0.717, 1.165) is 12.8 Å². The van der Waals surface area contributed by atoms with Crippen LogP contribution in [0.1, 0.15) is 45.4 Å². The van der Waals surface area contributed by atoms with Gasteiger partial charge < -0.3 is 16.2 Å². The smallest absolute Gasteiger partial charge is 0.320 e. The Balaban J connectivity index is 3.41. The molecular formula is C11H22N2O3. The minimum absolute atomic E-state index is 0.117. The van der Waals surface area contributed by atoms with Crippen LogP contribution >= 0.6 is 0 Å². The van der Waals surface area contributed by atoms with Crippen molar-refractivity contribution in [2.75, 3.05) is 6.54 Å². The van der Waals surface area contributed by atoms with Gasteiger partial charge in [-0.1, -0.05) is 26.2 Å². The molecule has 0 heterocycles. The molecular weight excluding hydrogens is 208 g/mol. The van der Waals surface area contributed by atoms with Crippen molar-refractivity contribution < 1.29 is 14.7 Å². The molecule has 0 aromatic rings. The molecule has 0 radical (unpaired) electrons. The summed E-state index contributed by atoms with van der Waals surface area (Å²) < 4.78 is 0. The minimum Gasteiger partial charge on any atom is -0.480 e. The third-order valence-electron chi connectivity index (χ3n) is 2.35. The first-order valence-corrected chi connectivity index (χ1v) is 5.83. The van der Waals surface area contributed by atoms with E-state index in [0.29, 0.717) is 6.54 Å². The summed E-state index contributed by atoms with van der Waals surface area (Å²) in [7, 11) is 0. The number of nitrogens with two attached hydrogens (primary N) is 1. The molecule has 0 aromatic carbocycles. The number of hydrogen-bond acceptors (Lipinski definition) is 3. The van der Waals surface area contributed by atoms with Crippen molar-refractivity contribution in [1.29, 1.82) is 0 Å². The monoisotopic (exact) mass is 230 g/mol. The van der Waals surface area contributed by atoms with E-state index in [9.17, 15) is 9.59 Å². The first-order valence-electron chi connectivity index (χ1n) is 5.83. The molecule has 94 valence electrons. The molecule has 0 saturated carbocycles. The van der Waals surface area contributed by atoms with Gasteiger partial charge in [0.1, 0.15) is 6.04 Å². The number of amides is 1. The van der Waals surface area contributed by atoms with E-state index in [2.05, 4.69) is 12.2 Å². The lowest BCUT2D eigenvalue weighted by Gasteiger charge is -2.07. The molecule has 0 fully saturated rings. The number of carbonyl (C=O) groups excluding carboxylic acids is 1. The molecule has 1 atom stereocenters. The molecule has 0 bridgehead atoms. The Hall–Kier alpha value is -1.10. The molecule has 1 amide bonds. The van der Waals surface area contributed by atoms with Crippen LogP contribution in [-0.4, -0.2) is 29.6 Å². The van der Waals surface area contributed by atoms with Gasteiger partial charge in [-0.3, -0.25) is 9.59 Å². The molecule has 0 aliphatic carbocycles. The largest absolute Gasteiger partial charge is 0.480 e. The highest BCUT2D eigenvalue weighted by Crippen LogP contribution is 1.98. The summed E-state index contributed by atoms with van der Waals surface area (Å²) in [5.74, 6) is -1.18. The zero-order valence-corrected chi connectivity index (χ0v) is 9.87. The third-order valence-corrected chi connectivity index (χ3v) is 2.35. The maximum Gasteiger partial charge on any atom is 0.320 e. The van der Waals surface area contributed by atoms with Crippen molar-refractivity contribution in [2.24, 2.45) is 5.73 Å². The lowest BCUT2D eigenvalue weighted by molar-refractivity contribution is -0.138. The normalized spacial score (nSPS) is 12.1. The number of carboxylic acids is 1. The zero-order chi connectivity index (χ0) is 12.4. The van der Waals surface area contributed by atoms with E-state index in [1.165, 1.54) is 12.8 Å². The first kappa shape index (κ1) is 14.9. The summed E-state index contributed by atoms with van der Waals surface area (Å²) in [6, 6.07) is -0.939. The molecule has 1 unspecified atom stereocenters. The SMILES string of the molecule is CCCCCCNC(=O)CCC(N)C(=O)O. The van der Waals surface area contributed by atoms with Gasteiger partial charge in [0, 0.05) is 13.0 Å². The van der Waals surface area contributed by atoms with Gasteiger partial charge in [-0.05, 0) is 12.8 Å². The second-order valence-electron chi connectivity index (χ2n) is 3.89. The summed E-state index contributed by atoms with van der Waals surface area (Å²) in [5.41, 5.74) is 5.28. The third kappa shape index (κ3) is 8.23. The number of carbonyl (C=O) groups is 2. The lowest BCUT2D eigenvalue weighted by Crippen LogP contribution is -2.32. The quantitative estimate of drug-likeness (QED) is 0.512. The van der Waals surface area contributed by atoms with E-state index in [-0.39, 0.29) is 18.7 Å². The summed E-state index contributed by atoms with van der Waals surface area (Å²) in [6.07, 6.45) is 4.81. The van der Waals surface area contributed by atoms with Crippen LogP contribution in [-0.2, 0) is 9.59 Å². The highest BCUT2D eigenvalue weighted by molar-refractivity contribution is 5.78. The van der Waals surface area contributed by atoms with Crippen molar-refractivity contribution in [2.45, 2.75) is 51.5 Å². The minimum atomic E-state index is -1.06. The molecule has 0 rings (SSSR count). The molecule has 0 spiro atoms. The van der Waals surface area contributed by atoms with Crippen LogP contribution in [0.3, 0.4) is 0 Å². The molecule has 4 N–H and O–H groups in total. The van der Waals surface area contributed by atoms with Gasteiger partial charge in [0.15, 0.2) is 0 Å². The van der Waals surface area contributed by atoms with Crippen LogP contribution in [0, 0.1) is 0 Å². The maximum atomic E-state index is 11.2. The fraction of sp³-hybridized carbons (Fsp3) is 0.818. The van der Waals surface area contributed by atoms with Crippen LogP contribution in [0.5, 0.6) is 0 Å². The van der Waals surface area contributed by atoms with Gasteiger partial charge in [-0.2, -0.15) is 0 Å². The second-order valence-corrected chi connectivity index (χ2v) is 3.89. The van der Waals surface area contributed by atoms with E-state index in [1.54, 1.807) is 0 Å². The molecule has 0 aliphatic heterocycles. The van der Waals surface area contributed by atoms with Crippen LogP contribution in [0.25, 0.3) is 0 Å². The number of aliphatic carboxylic acids is 1. The van der Waals surface area contributed by atoms with Gasteiger partial charge >= 0.3 is 5.97 Å². The van der Waals surface area contributed by atoms with Gasteiger partial charge in [0.2, 0.25) is 5.91 Å². The second kappa shape index (κ2) is 9.15. The van der Waals surface area contributed by atoms with Crippen molar-refractivity contribution in [3.63, 3.8) is 0 Å². The average molecular weight is 230 g/mol. The standard InChI is InChI=1S/C11H22N2O3/c1-2-3-4-5-8-13-10(14)7-6-9(12)11(15)16/h9H,2-8,12H2,1H3,(H,13,14)(H,15,16). The fourth-order valence-corrected chi connectivity index (χ4v) is 1.28. The Bertz CT molecular complexity index is 219. The van der Waals surface area contributed by atoms with Crippen molar-refractivity contribution in [3.05, 3.63) is 0 Å². The van der Waals surface area contributed by atoms with Crippen LogP contribution in [0.4, 0.5) is 0 Å². The Morgan fingerprint density at radius 1 is 1.31 bits per heavy atom. The maximum absolute atomic E-state index is 11.2. The van der Waals surface area contributed by atoms with Crippen LogP contribution in [0.15, 0.2) is 0 Å². The fourth-order valence-electron chi connectivity index (χ4n) is 1.28. The molecule has 0 saturated heterocycles. The zero-order valence-electron chi connectivity index (χ0n) is 9.87.